The first-order chi connectivity index (χ1) is 9.88. The number of hydrogen-bond donors (Lipinski definition) is 1. The summed E-state index contributed by atoms with van der Waals surface area (Å²) in [6, 6.07) is 11.0. The lowest BCUT2D eigenvalue weighted by atomic mass is 10.0. The summed E-state index contributed by atoms with van der Waals surface area (Å²) in [6.45, 7) is 0.0333. The van der Waals surface area contributed by atoms with Crippen molar-refractivity contribution in [2.75, 3.05) is 0 Å². The molecule has 0 unspecified atom stereocenters. The molecule has 0 saturated heterocycles. The van der Waals surface area contributed by atoms with Crippen molar-refractivity contribution in [2.45, 2.75) is 10.4 Å². The number of alkyl halides is 3. The number of benzene rings is 1. The van der Waals surface area contributed by atoms with E-state index in [9.17, 15) is 0 Å². The Morgan fingerprint density at radius 2 is 1.81 bits per heavy atom. The number of ether oxygens (including phenoxy) is 1. The maximum atomic E-state index is 7.53. The zero-order chi connectivity index (χ0) is 15.5. The summed E-state index contributed by atoms with van der Waals surface area (Å²) in [5.41, 5.74) is 2.44. The zero-order valence-electron chi connectivity index (χ0n) is 10.6. The Morgan fingerprint density at radius 3 is 2.43 bits per heavy atom. The highest BCUT2D eigenvalue weighted by molar-refractivity contribution is 6.76. The monoisotopic (exact) mass is 362 g/mol. The third-order valence-electron chi connectivity index (χ3n) is 2.66. The molecule has 0 aliphatic carbocycles. The molecule has 0 aliphatic rings. The summed E-state index contributed by atoms with van der Waals surface area (Å²) in [7, 11) is 0. The lowest BCUT2D eigenvalue weighted by molar-refractivity contribution is 0.279. The zero-order valence-corrected chi connectivity index (χ0v) is 13.6. The molecule has 0 spiro atoms. The van der Waals surface area contributed by atoms with Gasteiger partial charge in [0.25, 0.3) is 3.79 Å². The molecular weight excluding hydrogens is 354 g/mol. The van der Waals surface area contributed by atoms with Crippen molar-refractivity contribution in [1.29, 1.82) is 5.41 Å². The lowest BCUT2D eigenvalue weighted by Gasteiger charge is -2.15. The van der Waals surface area contributed by atoms with Crippen LogP contribution in [0.15, 0.2) is 42.6 Å². The van der Waals surface area contributed by atoms with Crippen molar-refractivity contribution in [3.63, 3.8) is 0 Å². The average Bonchev–Trinajstić information content (AvgIpc) is 2.45. The first-order valence-corrected chi connectivity index (χ1v) is 7.37. The largest absolute Gasteiger partial charge is 0.472 e. The van der Waals surface area contributed by atoms with Crippen LogP contribution in [-0.2, 0) is 11.3 Å². The normalized spacial score (nSPS) is 11.2. The van der Waals surface area contributed by atoms with E-state index >= 15 is 0 Å². The lowest BCUT2D eigenvalue weighted by Crippen LogP contribution is -2.21. The minimum Gasteiger partial charge on any atom is -0.472 e. The van der Waals surface area contributed by atoms with Gasteiger partial charge in [0, 0.05) is 16.8 Å². The van der Waals surface area contributed by atoms with Gasteiger partial charge in [-0.25, -0.2) is 0 Å². The topological polar surface area (TPSA) is 46.0 Å². The predicted octanol–water partition coefficient (Wildman–Crippen LogP) is 5.27. The molecule has 0 saturated carbocycles. The molecule has 1 heterocycles. The molecule has 0 atom stereocenters. The number of rotatable bonds is 3. The summed E-state index contributed by atoms with van der Waals surface area (Å²) >= 11 is 22.6. The number of nitrogens with one attached hydrogen (secondary N) is 1. The van der Waals surface area contributed by atoms with Crippen LogP contribution in [0.2, 0.25) is 5.02 Å². The van der Waals surface area contributed by atoms with E-state index in [1.165, 1.54) is 0 Å². The molecule has 0 bridgehead atoms. The van der Waals surface area contributed by atoms with Crippen LogP contribution < -0.4 is 0 Å². The fraction of sp³-hybridized carbons (Fsp3) is 0.143. The molecule has 7 heteroatoms. The van der Waals surface area contributed by atoms with Gasteiger partial charge in [0.1, 0.15) is 6.61 Å². The fourth-order valence-corrected chi connectivity index (χ4v) is 1.96. The van der Waals surface area contributed by atoms with Crippen molar-refractivity contribution in [3.8, 4) is 11.1 Å². The standard InChI is InChI=1S/C14H10Cl4N2O/c15-10-5-3-9(4-6-10)11-2-1-7-20-12(11)8-21-13(19)14(16,17)18/h1-7,19H,8H2. The van der Waals surface area contributed by atoms with E-state index in [0.29, 0.717) is 10.7 Å². The number of halogens is 4. The van der Waals surface area contributed by atoms with Crippen LogP contribution in [0.1, 0.15) is 5.69 Å². The second-order valence-electron chi connectivity index (χ2n) is 4.12. The second-order valence-corrected chi connectivity index (χ2v) is 6.84. The molecule has 21 heavy (non-hydrogen) atoms. The van der Waals surface area contributed by atoms with Crippen LogP contribution in [0.4, 0.5) is 0 Å². The second kappa shape index (κ2) is 6.84. The molecule has 2 aromatic rings. The summed E-state index contributed by atoms with van der Waals surface area (Å²) in [6.07, 6.45) is 1.64. The SMILES string of the molecule is N=C(OCc1ncccc1-c1ccc(Cl)cc1)C(Cl)(Cl)Cl. The van der Waals surface area contributed by atoms with E-state index in [4.69, 9.17) is 56.5 Å². The molecule has 0 radical (unpaired) electrons. The van der Waals surface area contributed by atoms with Crippen LogP contribution in [0, 0.1) is 5.41 Å². The van der Waals surface area contributed by atoms with Crippen molar-refractivity contribution >= 4 is 52.3 Å². The molecule has 0 fully saturated rings. The first-order valence-electron chi connectivity index (χ1n) is 5.86. The van der Waals surface area contributed by atoms with Gasteiger partial charge >= 0.3 is 0 Å². The molecule has 110 valence electrons. The van der Waals surface area contributed by atoms with E-state index in [-0.39, 0.29) is 6.61 Å². The van der Waals surface area contributed by atoms with Gasteiger partial charge in [0.15, 0.2) is 0 Å². The molecule has 3 nitrogen and oxygen atoms in total. The summed E-state index contributed by atoms with van der Waals surface area (Å²) in [4.78, 5) is 4.25. The van der Waals surface area contributed by atoms with E-state index in [0.717, 1.165) is 11.1 Å². The van der Waals surface area contributed by atoms with Crippen LogP contribution in [-0.4, -0.2) is 14.7 Å². The van der Waals surface area contributed by atoms with E-state index < -0.39 is 9.69 Å². The van der Waals surface area contributed by atoms with Crippen LogP contribution in [0.25, 0.3) is 11.1 Å². The molecule has 1 aromatic carbocycles. The third kappa shape index (κ3) is 4.48. The van der Waals surface area contributed by atoms with Gasteiger partial charge in [-0.2, -0.15) is 0 Å². The van der Waals surface area contributed by atoms with Crippen LogP contribution >= 0.6 is 46.4 Å². The molecule has 1 N–H and O–H groups in total. The Morgan fingerprint density at radius 1 is 1.14 bits per heavy atom. The van der Waals surface area contributed by atoms with Crippen LogP contribution in [0.3, 0.4) is 0 Å². The number of nitrogens with zero attached hydrogens (tertiary/aromatic N) is 1. The Hall–Kier alpha value is -1.000. The maximum Gasteiger partial charge on any atom is 0.265 e. The van der Waals surface area contributed by atoms with Crippen molar-refractivity contribution in [3.05, 3.63) is 53.3 Å². The van der Waals surface area contributed by atoms with Gasteiger partial charge in [-0.15, -0.1) is 0 Å². The smallest absolute Gasteiger partial charge is 0.265 e. The Bertz CT molecular complexity index is 638. The maximum absolute atomic E-state index is 7.53. The van der Waals surface area contributed by atoms with Crippen molar-refractivity contribution in [1.82, 2.24) is 4.98 Å². The number of pyridine rings is 1. The minimum atomic E-state index is -1.88. The first kappa shape index (κ1) is 16.4. The van der Waals surface area contributed by atoms with E-state index in [1.807, 2.05) is 24.3 Å². The van der Waals surface area contributed by atoms with Gasteiger partial charge in [-0.05, 0) is 23.8 Å². The van der Waals surface area contributed by atoms with Crippen molar-refractivity contribution < 1.29 is 4.74 Å². The molecule has 0 amide bonds. The third-order valence-corrected chi connectivity index (χ3v) is 3.42. The quantitative estimate of drug-likeness (QED) is 0.459. The Labute approximate surface area is 142 Å². The highest BCUT2D eigenvalue weighted by Crippen LogP contribution is 2.29. The highest BCUT2D eigenvalue weighted by Gasteiger charge is 2.28. The fourth-order valence-electron chi connectivity index (χ4n) is 1.67. The predicted molar refractivity (Wildman–Crippen MR) is 87.5 cm³/mol. The molecular formula is C14H10Cl4N2O. The average molecular weight is 364 g/mol. The van der Waals surface area contributed by atoms with E-state index in [1.54, 1.807) is 18.3 Å². The van der Waals surface area contributed by atoms with E-state index in [2.05, 4.69) is 4.98 Å². The van der Waals surface area contributed by atoms with Crippen LogP contribution in [0.5, 0.6) is 0 Å². The Kier molecular flexibility index (Phi) is 5.33. The molecule has 2 rings (SSSR count). The molecule has 0 aliphatic heterocycles. The summed E-state index contributed by atoms with van der Waals surface area (Å²) in [5.74, 6) is -0.444. The number of hydrogen-bond acceptors (Lipinski definition) is 3. The summed E-state index contributed by atoms with van der Waals surface area (Å²) in [5, 5.41) is 8.18. The minimum absolute atomic E-state index is 0.0333. The summed E-state index contributed by atoms with van der Waals surface area (Å²) < 4.78 is 3.30. The van der Waals surface area contributed by atoms with Gasteiger partial charge in [0.2, 0.25) is 5.90 Å². The molecule has 1 aromatic heterocycles. The van der Waals surface area contributed by atoms with Gasteiger partial charge < -0.3 is 4.74 Å². The van der Waals surface area contributed by atoms with Gasteiger partial charge in [-0.3, -0.25) is 10.4 Å². The highest BCUT2D eigenvalue weighted by atomic mass is 35.6. The Balaban J connectivity index is 2.22. The van der Waals surface area contributed by atoms with Gasteiger partial charge in [0.05, 0.1) is 5.69 Å². The van der Waals surface area contributed by atoms with Gasteiger partial charge in [-0.1, -0.05) is 64.6 Å². The van der Waals surface area contributed by atoms with Crippen molar-refractivity contribution in [2.24, 2.45) is 0 Å². The number of aromatic nitrogens is 1.